The van der Waals surface area contributed by atoms with E-state index in [4.69, 9.17) is 0 Å². The lowest BCUT2D eigenvalue weighted by Crippen LogP contribution is -2.58. The summed E-state index contributed by atoms with van der Waals surface area (Å²) in [6.07, 6.45) is 10.2. The molecule has 4 nitrogen and oxygen atoms in total. The van der Waals surface area contributed by atoms with E-state index in [0.29, 0.717) is 6.04 Å². The average Bonchev–Trinajstić information content (AvgIpc) is 2.95. The van der Waals surface area contributed by atoms with Gasteiger partial charge in [0.15, 0.2) is 0 Å². The summed E-state index contributed by atoms with van der Waals surface area (Å²) >= 11 is 0. The van der Waals surface area contributed by atoms with E-state index < -0.39 is 0 Å². The van der Waals surface area contributed by atoms with Gasteiger partial charge in [0.2, 0.25) is 0 Å². The van der Waals surface area contributed by atoms with Crippen molar-refractivity contribution in [3.05, 3.63) is 18.2 Å². The molecule has 2 fully saturated rings. The lowest BCUT2D eigenvalue weighted by atomic mass is 9.73. The molecule has 0 amide bonds. The van der Waals surface area contributed by atoms with Crippen LogP contribution in [0.1, 0.15) is 45.4 Å². The summed E-state index contributed by atoms with van der Waals surface area (Å²) < 4.78 is 0. The zero-order valence-corrected chi connectivity index (χ0v) is 13.5. The SMILES string of the molecule is CC(C)N1CC2CCCC(C1)C2NCCCc1ncc[nH]1. The van der Waals surface area contributed by atoms with Crippen LogP contribution in [0.5, 0.6) is 0 Å². The number of H-pyrrole nitrogens is 1. The monoisotopic (exact) mass is 290 g/mol. The predicted octanol–water partition coefficient (Wildman–Crippen LogP) is 2.44. The molecule has 2 heterocycles. The molecule has 4 heteroatoms. The van der Waals surface area contributed by atoms with Gasteiger partial charge in [0.05, 0.1) is 0 Å². The van der Waals surface area contributed by atoms with Crippen molar-refractivity contribution in [1.29, 1.82) is 0 Å². The predicted molar refractivity (Wildman–Crippen MR) is 86.2 cm³/mol. The third-order valence-corrected chi connectivity index (χ3v) is 5.36. The number of likely N-dealkylation sites (tertiary alicyclic amines) is 1. The van der Waals surface area contributed by atoms with E-state index in [2.05, 4.69) is 34.0 Å². The van der Waals surface area contributed by atoms with Crippen LogP contribution in [-0.4, -0.2) is 46.6 Å². The van der Waals surface area contributed by atoms with Gasteiger partial charge in [-0.1, -0.05) is 6.42 Å². The molecule has 1 saturated carbocycles. The molecule has 2 atom stereocenters. The minimum absolute atomic E-state index is 0.702. The van der Waals surface area contributed by atoms with E-state index >= 15 is 0 Å². The Kier molecular flexibility index (Phi) is 4.96. The highest BCUT2D eigenvalue weighted by molar-refractivity contribution is 4.95. The first-order valence-corrected chi connectivity index (χ1v) is 8.69. The molecule has 118 valence electrons. The summed E-state index contributed by atoms with van der Waals surface area (Å²) in [5, 5.41) is 3.88. The summed E-state index contributed by atoms with van der Waals surface area (Å²) in [6.45, 7) is 8.40. The Morgan fingerprint density at radius 2 is 2.10 bits per heavy atom. The van der Waals surface area contributed by atoms with Gasteiger partial charge in [-0.05, 0) is 51.5 Å². The molecule has 1 aromatic heterocycles. The van der Waals surface area contributed by atoms with Crippen molar-refractivity contribution in [3.8, 4) is 0 Å². The largest absolute Gasteiger partial charge is 0.349 e. The minimum atomic E-state index is 0.702. The van der Waals surface area contributed by atoms with Gasteiger partial charge >= 0.3 is 0 Å². The molecule has 0 spiro atoms. The summed E-state index contributed by atoms with van der Waals surface area (Å²) in [7, 11) is 0. The van der Waals surface area contributed by atoms with Gasteiger partial charge in [-0.25, -0.2) is 4.98 Å². The number of fused-ring (bicyclic) bond motifs is 2. The minimum Gasteiger partial charge on any atom is -0.349 e. The molecular formula is C17H30N4. The number of aromatic nitrogens is 2. The van der Waals surface area contributed by atoms with Gasteiger partial charge < -0.3 is 15.2 Å². The number of imidazole rings is 1. The zero-order valence-electron chi connectivity index (χ0n) is 13.5. The molecule has 3 rings (SSSR count). The van der Waals surface area contributed by atoms with Crippen LogP contribution in [0, 0.1) is 11.8 Å². The highest BCUT2D eigenvalue weighted by atomic mass is 15.2. The maximum absolute atomic E-state index is 4.30. The molecule has 1 saturated heterocycles. The van der Waals surface area contributed by atoms with Crippen LogP contribution in [0.4, 0.5) is 0 Å². The first kappa shape index (κ1) is 15.0. The van der Waals surface area contributed by atoms with Crippen LogP contribution in [0.15, 0.2) is 12.4 Å². The topological polar surface area (TPSA) is 44.0 Å². The number of nitrogens with zero attached hydrogens (tertiary/aromatic N) is 2. The highest BCUT2D eigenvalue weighted by Gasteiger charge is 2.39. The fraction of sp³-hybridized carbons (Fsp3) is 0.824. The quantitative estimate of drug-likeness (QED) is 0.791. The number of piperidine rings is 1. The Hall–Kier alpha value is -0.870. The highest BCUT2D eigenvalue weighted by Crippen LogP contribution is 2.35. The number of rotatable bonds is 6. The van der Waals surface area contributed by atoms with Crippen molar-refractivity contribution < 1.29 is 0 Å². The maximum Gasteiger partial charge on any atom is 0.106 e. The fourth-order valence-corrected chi connectivity index (χ4v) is 4.19. The van der Waals surface area contributed by atoms with E-state index in [0.717, 1.165) is 36.7 Å². The van der Waals surface area contributed by atoms with Crippen LogP contribution in [0.2, 0.25) is 0 Å². The van der Waals surface area contributed by atoms with E-state index in [-0.39, 0.29) is 0 Å². The Bertz CT molecular complexity index is 400. The standard InChI is InChI=1S/C17H30N4/c1-13(2)21-11-14-5-3-6-15(12-21)17(14)20-8-4-7-16-18-9-10-19-16/h9-10,13-15,17,20H,3-8,11-12H2,1-2H3,(H,18,19). The normalized spacial score (nSPS) is 30.0. The van der Waals surface area contributed by atoms with Crippen molar-refractivity contribution in [2.45, 2.75) is 58.0 Å². The Morgan fingerprint density at radius 1 is 1.33 bits per heavy atom. The van der Waals surface area contributed by atoms with Crippen LogP contribution >= 0.6 is 0 Å². The second-order valence-corrected chi connectivity index (χ2v) is 7.12. The van der Waals surface area contributed by atoms with Crippen molar-refractivity contribution >= 4 is 0 Å². The Balaban J connectivity index is 1.46. The smallest absolute Gasteiger partial charge is 0.106 e. The molecule has 21 heavy (non-hydrogen) atoms. The molecule has 2 unspecified atom stereocenters. The first-order valence-electron chi connectivity index (χ1n) is 8.69. The summed E-state index contributed by atoms with van der Waals surface area (Å²) in [5.74, 6) is 2.85. The molecule has 2 N–H and O–H groups in total. The first-order chi connectivity index (χ1) is 10.2. The summed E-state index contributed by atoms with van der Waals surface area (Å²) in [5.41, 5.74) is 0. The molecule has 1 aliphatic carbocycles. The number of aromatic amines is 1. The van der Waals surface area contributed by atoms with Gasteiger partial charge in [0.1, 0.15) is 5.82 Å². The third kappa shape index (κ3) is 3.67. The Labute approximate surface area is 128 Å². The van der Waals surface area contributed by atoms with Crippen molar-refractivity contribution in [1.82, 2.24) is 20.2 Å². The number of hydrogen-bond donors (Lipinski definition) is 2. The molecular weight excluding hydrogens is 260 g/mol. The molecule has 0 aromatic carbocycles. The molecule has 0 radical (unpaired) electrons. The lowest BCUT2D eigenvalue weighted by Gasteiger charge is -2.49. The average molecular weight is 290 g/mol. The van der Waals surface area contributed by atoms with Gasteiger partial charge in [-0.3, -0.25) is 0 Å². The molecule has 1 aliphatic heterocycles. The van der Waals surface area contributed by atoms with E-state index in [1.54, 1.807) is 0 Å². The van der Waals surface area contributed by atoms with Crippen LogP contribution < -0.4 is 5.32 Å². The molecule has 1 aromatic rings. The zero-order chi connectivity index (χ0) is 14.7. The van der Waals surface area contributed by atoms with Crippen molar-refractivity contribution in [2.24, 2.45) is 11.8 Å². The van der Waals surface area contributed by atoms with E-state index in [1.165, 1.54) is 38.8 Å². The number of nitrogens with one attached hydrogen (secondary N) is 2. The van der Waals surface area contributed by atoms with E-state index in [9.17, 15) is 0 Å². The van der Waals surface area contributed by atoms with Gasteiger partial charge in [0, 0.05) is 44.0 Å². The molecule has 2 aliphatic rings. The van der Waals surface area contributed by atoms with Gasteiger partial charge in [-0.15, -0.1) is 0 Å². The van der Waals surface area contributed by atoms with Crippen LogP contribution in [-0.2, 0) is 6.42 Å². The Morgan fingerprint density at radius 3 is 2.71 bits per heavy atom. The second-order valence-electron chi connectivity index (χ2n) is 7.12. The number of hydrogen-bond acceptors (Lipinski definition) is 3. The summed E-state index contributed by atoms with van der Waals surface area (Å²) in [6, 6.07) is 1.46. The van der Waals surface area contributed by atoms with Crippen LogP contribution in [0.25, 0.3) is 0 Å². The van der Waals surface area contributed by atoms with Crippen molar-refractivity contribution in [2.75, 3.05) is 19.6 Å². The number of aryl methyl sites for hydroxylation is 1. The van der Waals surface area contributed by atoms with E-state index in [1.807, 2.05) is 12.4 Å². The second kappa shape index (κ2) is 6.93. The van der Waals surface area contributed by atoms with Gasteiger partial charge in [0.25, 0.3) is 0 Å². The fourth-order valence-electron chi connectivity index (χ4n) is 4.19. The summed E-state index contributed by atoms with van der Waals surface area (Å²) in [4.78, 5) is 10.2. The van der Waals surface area contributed by atoms with Gasteiger partial charge in [-0.2, -0.15) is 0 Å². The van der Waals surface area contributed by atoms with Crippen molar-refractivity contribution in [3.63, 3.8) is 0 Å². The van der Waals surface area contributed by atoms with Crippen LogP contribution in [0.3, 0.4) is 0 Å². The molecule has 2 bridgehead atoms. The lowest BCUT2D eigenvalue weighted by molar-refractivity contribution is 0.0297. The maximum atomic E-state index is 4.30. The third-order valence-electron chi connectivity index (χ3n) is 5.36.